The minimum Gasteiger partial charge on any atom is -0.480 e. The monoisotopic (exact) mass is 560 g/mol. The lowest BCUT2D eigenvalue weighted by Gasteiger charge is -2.36. The molecule has 0 spiro atoms. The molecule has 3 aromatic heterocycles. The van der Waals surface area contributed by atoms with Crippen LogP contribution in [0.2, 0.25) is 0 Å². The van der Waals surface area contributed by atoms with E-state index in [4.69, 9.17) is 14.6 Å². The van der Waals surface area contributed by atoms with E-state index in [1.807, 2.05) is 0 Å². The number of nitrogens with zero attached hydrogens (tertiary/aromatic N) is 5. The average molecular weight is 560 g/mol. The van der Waals surface area contributed by atoms with Crippen molar-refractivity contribution < 1.29 is 44.8 Å². The zero-order valence-corrected chi connectivity index (χ0v) is 19.7. The maximum atomic E-state index is 14.8. The van der Waals surface area contributed by atoms with Crippen LogP contribution in [0.3, 0.4) is 0 Å². The van der Waals surface area contributed by atoms with Gasteiger partial charge in [0.1, 0.15) is 23.6 Å². The molecule has 10 nitrogen and oxygen atoms in total. The summed E-state index contributed by atoms with van der Waals surface area (Å²) in [7, 11) is -3.10. The first-order valence-corrected chi connectivity index (χ1v) is 11.4. The molecule has 1 saturated carbocycles. The molecule has 1 saturated heterocycles. The molecule has 3 aromatic rings. The number of pyridine rings is 1. The minimum atomic E-state index is -4.88. The van der Waals surface area contributed by atoms with Crippen LogP contribution in [0.25, 0.3) is 16.8 Å². The zero-order valence-electron chi connectivity index (χ0n) is 22.7. The van der Waals surface area contributed by atoms with Crippen LogP contribution in [0.1, 0.15) is 32.9 Å². The van der Waals surface area contributed by atoms with E-state index < -0.39 is 96.8 Å². The minimum absolute atomic E-state index is 0.146. The van der Waals surface area contributed by atoms with Crippen molar-refractivity contribution in [1.82, 2.24) is 29.8 Å². The summed E-state index contributed by atoms with van der Waals surface area (Å²) in [5, 5.41) is 6.11. The summed E-state index contributed by atoms with van der Waals surface area (Å²) in [5.41, 5.74) is 2.93. The number of fused-ring (bicyclic) bond motifs is 1. The van der Waals surface area contributed by atoms with Gasteiger partial charge in [0.15, 0.2) is 5.82 Å². The number of ether oxygens (including phenoxy) is 1. The lowest BCUT2D eigenvalue weighted by atomic mass is 9.80. The van der Waals surface area contributed by atoms with Gasteiger partial charge in [-0.05, 0) is 12.1 Å². The number of nitrogens with two attached hydrogens (primary N) is 1. The van der Waals surface area contributed by atoms with E-state index in [1.54, 1.807) is 0 Å². The number of carbonyl (C=O) groups is 2. The van der Waals surface area contributed by atoms with E-state index in [2.05, 4.69) is 20.4 Å². The predicted molar refractivity (Wildman–Crippen MR) is 123 cm³/mol. The van der Waals surface area contributed by atoms with Gasteiger partial charge in [-0.1, -0.05) is 0 Å². The Morgan fingerprint density at radius 3 is 2.64 bits per heavy atom. The molecule has 4 heterocycles. The Bertz CT molecular complexity index is 1560. The number of carbonyl (C=O) groups excluding carboxylic acids is 2. The number of nitrogens with one attached hydrogen (secondary N) is 1. The van der Waals surface area contributed by atoms with Crippen molar-refractivity contribution in [2.24, 2.45) is 5.92 Å². The van der Waals surface area contributed by atoms with E-state index in [-0.39, 0.29) is 17.8 Å². The fraction of sp³-hybridized carbons (Fsp3) is 0.435. The Morgan fingerprint density at radius 2 is 1.97 bits per heavy atom. The van der Waals surface area contributed by atoms with E-state index in [9.17, 15) is 35.9 Å². The fourth-order valence-electron chi connectivity index (χ4n) is 4.75. The average Bonchev–Trinajstić information content (AvgIpc) is 3.43. The summed E-state index contributed by atoms with van der Waals surface area (Å²) >= 11 is 0. The molecule has 0 radical (unpaired) electrons. The number of alkyl halides is 6. The molecule has 2 aliphatic rings. The van der Waals surface area contributed by atoms with Gasteiger partial charge in [0.25, 0.3) is 5.91 Å². The lowest BCUT2D eigenvalue weighted by molar-refractivity contribution is -0.159. The molecule has 5 rings (SSSR count). The smallest absolute Gasteiger partial charge is 0.418 e. The molecular formula is C23H21F6N7O3. The largest absolute Gasteiger partial charge is 0.480 e. The summed E-state index contributed by atoms with van der Waals surface area (Å²) in [6, 6.07) is 0.348. The number of hydrogen-bond donors (Lipinski definition) is 2. The van der Waals surface area contributed by atoms with Gasteiger partial charge in [0, 0.05) is 37.1 Å². The quantitative estimate of drug-likeness (QED) is 0.460. The zero-order chi connectivity index (χ0) is 30.8. The van der Waals surface area contributed by atoms with Crippen LogP contribution >= 0.6 is 0 Å². The maximum Gasteiger partial charge on any atom is 0.418 e. The van der Waals surface area contributed by atoms with Gasteiger partial charge in [-0.15, -0.1) is 0 Å². The third-order valence-corrected chi connectivity index (χ3v) is 6.69. The second kappa shape index (κ2) is 9.27. The van der Waals surface area contributed by atoms with Crippen molar-refractivity contribution in [3.05, 3.63) is 35.8 Å². The summed E-state index contributed by atoms with van der Waals surface area (Å²) in [4.78, 5) is 34.2. The highest BCUT2D eigenvalue weighted by atomic mass is 19.4. The normalized spacial score (nSPS) is 22.6. The fourth-order valence-corrected chi connectivity index (χ4v) is 4.75. The third-order valence-electron chi connectivity index (χ3n) is 6.69. The first-order chi connectivity index (χ1) is 19.4. The van der Waals surface area contributed by atoms with Crippen molar-refractivity contribution in [2.75, 3.05) is 25.9 Å². The molecule has 2 atom stereocenters. The number of halogens is 6. The summed E-state index contributed by atoms with van der Waals surface area (Å²) in [6.07, 6.45) is -6.15. The number of amides is 2. The molecule has 1 aliphatic heterocycles. The van der Waals surface area contributed by atoms with Gasteiger partial charge >= 0.3 is 6.18 Å². The number of nitrogen functional groups attached to an aromatic ring is 1. The predicted octanol–water partition coefficient (Wildman–Crippen LogP) is 2.72. The molecule has 1 aliphatic carbocycles. The second-order valence-corrected chi connectivity index (χ2v) is 9.33. The van der Waals surface area contributed by atoms with E-state index >= 15 is 0 Å². The Labute approximate surface area is 220 Å². The second-order valence-electron chi connectivity index (χ2n) is 9.33. The molecule has 208 valence electrons. The summed E-state index contributed by atoms with van der Waals surface area (Å²) in [5.74, 6) is -6.97. The number of rotatable bonds is 5. The van der Waals surface area contributed by atoms with Crippen LogP contribution in [0, 0.1) is 5.92 Å². The van der Waals surface area contributed by atoms with Crippen LogP contribution in [-0.4, -0.2) is 74.6 Å². The van der Waals surface area contributed by atoms with Gasteiger partial charge in [0.05, 0.1) is 35.0 Å². The van der Waals surface area contributed by atoms with E-state index in [1.165, 1.54) is 0 Å². The molecule has 2 amide bonds. The highest BCUT2D eigenvalue weighted by molar-refractivity contribution is 5.98. The highest BCUT2D eigenvalue weighted by Crippen LogP contribution is 2.43. The van der Waals surface area contributed by atoms with Gasteiger partial charge in [-0.2, -0.15) is 18.3 Å². The number of likely N-dealkylation sites (tertiary alicyclic amines) is 1. The third kappa shape index (κ3) is 4.78. The number of anilines is 1. The van der Waals surface area contributed by atoms with Gasteiger partial charge < -0.3 is 20.7 Å². The maximum absolute atomic E-state index is 14.8. The van der Waals surface area contributed by atoms with Crippen LogP contribution in [-0.2, 0) is 11.0 Å². The highest BCUT2D eigenvalue weighted by Gasteiger charge is 2.51. The van der Waals surface area contributed by atoms with Crippen molar-refractivity contribution in [2.45, 2.75) is 37.2 Å². The topological polar surface area (TPSA) is 128 Å². The van der Waals surface area contributed by atoms with Gasteiger partial charge in [0.2, 0.25) is 17.7 Å². The van der Waals surface area contributed by atoms with Crippen molar-refractivity contribution >= 4 is 23.1 Å². The van der Waals surface area contributed by atoms with Gasteiger partial charge in [-0.25, -0.2) is 27.7 Å². The first kappa shape index (κ1) is 22.8. The first-order valence-electron chi connectivity index (χ1n) is 12.9. The lowest BCUT2D eigenvalue weighted by Crippen LogP contribution is -2.47. The number of aromatic nitrogens is 4. The van der Waals surface area contributed by atoms with Crippen LogP contribution < -0.4 is 15.8 Å². The molecule has 0 aromatic carbocycles. The van der Waals surface area contributed by atoms with Crippen molar-refractivity contribution in [1.29, 1.82) is 0 Å². The number of methoxy groups -OCH3 is 1. The molecule has 3 N–H and O–H groups in total. The Hall–Kier alpha value is -4.11. The molecule has 0 unspecified atom stereocenters. The van der Waals surface area contributed by atoms with E-state index in [0.29, 0.717) is 6.07 Å². The van der Waals surface area contributed by atoms with Crippen molar-refractivity contribution in [3.63, 3.8) is 0 Å². The summed E-state index contributed by atoms with van der Waals surface area (Å²) < 4.78 is 110. The molecular weight excluding hydrogens is 536 g/mol. The summed E-state index contributed by atoms with van der Waals surface area (Å²) in [6.45, 7) is -0.828. The van der Waals surface area contributed by atoms with Crippen molar-refractivity contribution in [3.8, 4) is 17.1 Å². The molecule has 0 bridgehead atoms. The Morgan fingerprint density at radius 1 is 1.23 bits per heavy atom. The molecule has 39 heavy (non-hydrogen) atoms. The van der Waals surface area contributed by atoms with Crippen LogP contribution in [0.4, 0.5) is 32.2 Å². The molecule has 16 heteroatoms. The van der Waals surface area contributed by atoms with Crippen LogP contribution in [0.15, 0.2) is 24.7 Å². The number of hydrogen-bond acceptors (Lipinski definition) is 7. The standard InChI is InChI=1S/C23H21F6N7O3/c1-39-20-12(19(37)34-15-8-35(7-14(15)24)21(38)11-4-22(25,26)5-11)2-10(6-31-20)16-3-13(23(27,28)29)17-18(30)32-9-33-36(16)17/h2-3,6,9,11,14-15H,4-5,7-8H2,1H3,(H,34,37)(H2,30,32,33)/t14-,15+/m0/s1/i1D3. The van der Waals surface area contributed by atoms with E-state index in [0.717, 1.165) is 28.0 Å². The van der Waals surface area contributed by atoms with Crippen LogP contribution in [0.5, 0.6) is 5.88 Å². The molecule has 2 fully saturated rings. The van der Waals surface area contributed by atoms with Gasteiger partial charge in [-0.3, -0.25) is 9.59 Å². The Balaban J connectivity index is 1.46. The SMILES string of the molecule is [2H]C([2H])([2H])Oc1ncc(-c2cc(C(F)(F)F)c3c(N)ncnn23)cc1C(=O)N[C@@H]1CN(C(=O)C2CC(F)(F)C2)C[C@@H]1F. The Kier molecular flexibility index (Phi) is 5.43.